The first-order chi connectivity index (χ1) is 11.6. The van der Waals surface area contributed by atoms with Crippen LogP contribution in [0.4, 0.5) is 17.3 Å². The Morgan fingerprint density at radius 3 is 2.71 bits per heavy atom. The number of anilines is 3. The maximum absolute atomic E-state index is 5.68. The molecule has 2 aromatic heterocycles. The van der Waals surface area contributed by atoms with Crippen LogP contribution in [0, 0.1) is 20.8 Å². The van der Waals surface area contributed by atoms with Crippen molar-refractivity contribution < 1.29 is 4.42 Å². The molecule has 0 unspecified atom stereocenters. The summed E-state index contributed by atoms with van der Waals surface area (Å²) in [4.78, 5) is 0. The van der Waals surface area contributed by atoms with Gasteiger partial charge in [-0.05, 0) is 49.6 Å². The summed E-state index contributed by atoms with van der Waals surface area (Å²) in [5, 5.41) is 6.62. The van der Waals surface area contributed by atoms with Crippen LogP contribution >= 0.6 is 11.7 Å². The first-order valence-electron chi connectivity index (χ1n) is 7.70. The minimum Gasteiger partial charge on any atom is -0.464 e. The highest BCUT2D eigenvalue weighted by molar-refractivity contribution is 6.99. The Morgan fingerprint density at radius 2 is 2.00 bits per heavy atom. The second kappa shape index (κ2) is 6.88. The number of nitrogens with one attached hydrogen (secondary N) is 2. The summed E-state index contributed by atoms with van der Waals surface area (Å²) in [5.41, 5.74) is 4.37. The summed E-state index contributed by atoms with van der Waals surface area (Å²) in [6, 6.07) is 8.08. The first kappa shape index (κ1) is 16.3. The van der Waals surface area contributed by atoms with Gasteiger partial charge in [0.05, 0.1) is 18.3 Å². The van der Waals surface area contributed by atoms with Crippen LogP contribution in [0.3, 0.4) is 0 Å². The molecule has 0 bridgehead atoms. The van der Waals surface area contributed by atoms with Crippen molar-refractivity contribution in [2.24, 2.45) is 0 Å². The average molecular weight is 340 g/mol. The molecular weight excluding hydrogens is 320 g/mol. The monoisotopic (exact) mass is 340 g/mol. The van der Waals surface area contributed by atoms with Crippen LogP contribution in [0.15, 0.2) is 35.3 Å². The predicted molar refractivity (Wildman–Crippen MR) is 100.0 cm³/mol. The van der Waals surface area contributed by atoms with Crippen molar-refractivity contribution in [1.29, 1.82) is 0 Å². The highest BCUT2D eigenvalue weighted by atomic mass is 32.1. The van der Waals surface area contributed by atoms with Gasteiger partial charge in [-0.2, -0.15) is 8.75 Å². The summed E-state index contributed by atoms with van der Waals surface area (Å²) in [5.74, 6) is 3.26. The first-order valence-corrected chi connectivity index (χ1v) is 8.43. The minimum absolute atomic E-state index is 0.570. The molecule has 0 amide bonds. The zero-order valence-electron chi connectivity index (χ0n) is 14.0. The van der Waals surface area contributed by atoms with Gasteiger partial charge in [-0.25, -0.2) is 0 Å². The lowest BCUT2D eigenvalue weighted by Crippen LogP contribution is -2.03. The fourth-order valence-corrected chi connectivity index (χ4v) is 2.92. The summed E-state index contributed by atoms with van der Waals surface area (Å²) in [6.07, 6.45) is 1.85. The molecule has 124 valence electrons. The Labute approximate surface area is 145 Å². The topological polar surface area (TPSA) is 63.0 Å². The van der Waals surface area contributed by atoms with E-state index in [0.717, 1.165) is 39.7 Å². The molecule has 0 saturated carbocycles. The van der Waals surface area contributed by atoms with Gasteiger partial charge in [-0.15, -0.1) is 0 Å². The van der Waals surface area contributed by atoms with Gasteiger partial charge in [0.1, 0.15) is 11.5 Å². The molecule has 5 nitrogen and oxygen atoms in total. The van der Waals surface area contributed by atoms with E-state index < -0.39 is 0 Å². The maximum Gasteiger partial charge on any atom is 0.188 e. The lowest BCUT2D eigenvalue weighted by atomic mass is 10.1. The van der Waals surface area contributed by atoms with E-state index in [-0.39, 0.29) is 0 Å². The summed E-state index contributed by atoms with van der Waals surface area (Å²) in [7, 11) is 0. The maximum atomic E-state index is 5.68. The Balaban J connectivity index is 1.75. The van der Waals surface area contributed by atoms with E-state index in [2.05, 4.69) is 32.9 Å². The number of hydrogen-bond donors (Lipinski definition) is 2. The van der Waals surface area contributed by atoms with E-state index in [4.69, 9.17) is 4.42 Å². The van der Waals surface area contributed by atoms with Crippen LogP contribution in [0.5, 0.6) is 0 Å². The smallest absolute Gasteiger partial charge is 0.188 e. The lowest BCUT2D eigenvalue weighted by molar-refractivity contribution is 0.488. The third-order valence-electron chi connectivity index (χ3n) is 3.98. The average Bonchev–Trinajstić information content (AvgIpc) is 3.14. The molecule has 0 atom stereocenters. The van der Waals surface area contributed by atoms with Crippen molar-refractivity contribution in [2.75, 3.05) is 10.6 Å². The highest BCUT2D eigenvalue weighted by Crippen LogP contribution is 2.27. The SMILES string of the molecule is C=Cc1cccc(Nc2nsnc2NCc2cc(C)c(C)o2)c1C. The molecule has 2 N–H and O–H groups in total. The molecule has 0 saturated heterocycles. The predicted octanol–water partition coefficient (Wildman–Crippen LogP) is 5.06. The molecule has 0 aliphatic rings. The number of nitrogens with zero attached hydrogens (tertiary/aromatic N) is 2. The van der Waals surface area contributed by atoms with Crippen molar-refractivity contribution in [3.05, 3.63) is 59.1 Å². The molecule has 0 radical (unpaired) electrons. The third-order valence-corrected chi connectivity index (χ3v) is 4.51. The number of aryl methyl sites for hydroxylation is 2. The van der Waals surface area contributed by atoms with Crippen molar-refractivity contribution in [3.63, 3.8) is 0 Å². The third kappa shape index (κ3) is 3.33. The number of hydrogen-bond acceptors (Lipinski definition) is 6. The number of benzene rings is 1. The largest absolute Gasteiger partial charge is 0.464 e. The van der Waals surface area contributed by atoms with Gasteiger partial charge in [-0.1, -0.05) is 24.8 Å². The molecule has 2 heterocycles. The molecule has 3 aromatic rings. The molecule has 3 rings (SSSR count). The Bertz CT molecular complexity index is 846. The van der Waals surface area contributed by atoms with E-state index in [1.807, 2.05) is 44.2 Å². The van der Waals surface area contributed by atoms with Gasteiger partial charge in [-0.3, -0.25) is 0 Å². The van der Waals surface area contributed by atoms with E-state index in [9.17, 15) is 0 Å². The molecule has 0 spiro atoms. The van der Waals surface area contributed by atoms with Crippen molar-refractivity contribution in [1.82, 2.24) is 8.75 Å². The van der Waals surface area contributed by atoms with Crippen LogP contribution in [-0.2, 0) is 6.54 Å². The minimum atomic E-state index is 0.570. The van der Waals surface area contributed by atoms with Gasteiger partial charge in [0.15, 0.2) is 11.6 Å². The quantitative estimate of drug-likeness (QED) is 0.657. The van der Waals surface area contributed by atoms with E-state index in [0.29, 0.717) is 12.4 Å². The lowest BCUT2D eigenvalue weighted by Gasteiger charge is -2.11. The second-order valence-corrected chi connectivity index (χ2v) is 6.14. The van der Waals surface area contributed by atoms with E-state index >= 15 is 0 Å². The number of aromatic nitrogens is 2. The number of furan rings is 1. The standard InChI is InChI=1S/C18H20N4OS/c1-5-14-7-6-8-16(12(14)3)20-18-17(21-24-22-18)19-10-15-9-11(2)13(4)23-15/h5-9H,1,10H2,2-4H3,(H,19,21)(H,20,22). The molecule has 6 heteroatoms. The fourth-order valence-electron chi connectivity index (χ4n) is 2.43. The Kier molecular flexibility index (Phi) is 4.66. The van der Waals surface area contributed by atoms with Crippen molar-refractivity contribution in [3.8, 4) is 0 Å². The van der Waals surface area contributed by atoms with Crippen molar-refractivity contribution >= 4 is 35.1 Å². The van der Waals surface area contributed by atoms with Crippen LogP contribution in [0.25, 0.3) is 6.08 Å². The second-order valence-electron chi connectivity index (χ2n) is 5.62. The highest BCUT2D eigenvalue weighted by Gasteiger charge is 2.11. The fraction of sp³-hybridized carbons (Fsp3) is 0.222. The Hall–Kier alpha value is -2.60. The van der Waals surface area contributed by atoms with E-state index in [1.54, 1.807) is 0 Å². The van der Waals surface area contributed by atoms with Crippen LogP contribution in [0.1, 0.15) is 28.2 Å². The number of rotatable bonds is 6. The zero-order chi connectivity index (χ0) is 17.1. The van der Waals surface area contributed by atoms with Crippen LogP contribution in [0.2, 0.25) is 0 Å². The molecule has 0 aliphatic carbocycles. The van der Waals surface area contributed by atoms with Gasteiger partial charge in [0, 0.05) is 5.69 Å². The van der Waals surface area contributed by atoms with Gasteiger partial charge in [0.2, 0.25) is 0 Å². The molecule has 0 aliphatic heterocycles. The summed E-state index contributed by atoms with van der Waals surface area (Å²) in [6.45, 7) is 10.5. The molecule has 24 heavy (non-hydrogen) atoms. The van der Waals surface area contributed by atoms with Gasteiger partial charge < -0.3 is 15.1 Å². The normalized spacial score (nSPS) is 10.6. The van der Waals surface area contributed by atoms with E-state index in [1.165, 1.54) is 11.7 Å². The zero-order valence-corrected chi connectivity index (χ0v) is 14.8. The van der Waals surface area contributed by atoms with Gasteiger partial charge >= 0.3 is 0 Å². The summed E-state index contributed by atoms with van der Waals surface area (Å²) >= 11 is 1.17. The molecule has 0 fully saturated rings. The van der Waals surface area contributed by atoms with Gasteiger partial charge in [0.25, 0.3) is 0 Å². The molecular formula is C18H20N4OS. The molecule has 1 aromatic carbocycles. The van der Waals surface area contributed by atoms with Crippen LogP contribution in [-0.4, -0.2) is 8.75 Å². The van der Waals surface area contributed by atoms with Crippen LogP contribution < -0.4 is 10.6 Å². The Morgan fingerprint density at radius 1 is 1.21 bits per heavy atom. The summed E-state index contributed by atoms with van der Waals surface area (Å²) < 4.78 is 14.3. The van der Waals surface area contributed by atoms with Crippen molar-refractivity contribution in [2.45, 2.75) is 27.3 Å².